The highest BCUT2D eigenvalue weighted by Gasteiger charge is 2.15. The molecule has 0 aliphatic rings. The third kappa shape index (κ3) is 3.18. The number of thiophene rings is 1. The minimum atomic E-state index is 0.332. The van der Waals surface area contributed by atoms with Crippen molar-refractivity contribution in [3.05, 3.63) is 38.8 Å². The zero-order chi connectivity index (χ0) is 12.3. The highest BCUT2D eigenvalue weighted by atomic mass is 79.9. The Morgan fingerprint density at radius 1 is 1.47 bits per heavy atom. The second-order valence-electron chi connectivity index (χ2n) is 3.90. The van der Waals surface area contributed by atoms with E-state index in [0.29, 0.717) is 6.04 Å². The van der Waals surface area contributed by atoms with Gasteiger partial charge in [0.25, 0.3) is 0 Å². The summed E-state index contributed by atoms with van der Waals surface area (Å²) in [5.41, 5.74) is 1.23. The van der Waals surface area contributed by atoms with Gasteiger partial charge < -0.3 is 5.32 Å². The van der Waals surface area contributed by atoms with Crippen molar-refractivity contribution in [3.8, 4) is 0 Å². The zero-order valence-electron chi connectivity index (χ0n) is 9.98. The molecule has 0 aliphatic heterocycles. The molecule has 0 saturated carbocycles. The van der Waals surface area contributed by atoms with E-state index < -0.39 is 0 Å². The number of nitrogens with one attached hydrogen (secondary N) is 1. The maximum absolute atomic E-state index is 4.24. The Kier molecular flexibility index (Phi) is 4.36. The number of likely N-dealkylation sites (N-methyl/N-ethyl adjacent to an activating group) is 1. The highest BCUT2D eigenvalue weighted by molar-refractivity contribution is 9.11. The van der Waals surface area contributed by atoms with Crippen LogP contribution in [0.3, 0.4) is 0 Å². The normalized spacial score (nSPS) is 12.9. The number of nitrogens with zero attached hydrogens (tertiary/aromatic N) is 2. The van der Waals surface area contributed by atoms with E-state index in [4.69, 9.17) is 0 Å². The molecule has 0 saturated heterocycles. The number of halogens is 1. The number of hydrogen-bond donors (Lipinski definition) is 1. The summed E-state index contributed by atoms with van der Waals surface area (Å²) in [4.78, 5) is 1.38. The molecule has 92 valence electrons. The molecule has 1 unspecified atom stereocenters. The second-order valence-corrected chi connectivity index (χ2v) is 6.45. The van der Waals surface area contributed by atoms with Crippen LogP contribution in [-0.2, 0) is 13.5 Å². The molecule has 0 amide bonds. The van der Waals surface area contributed by atoms with Gasteiger partial charge in [-0.05, 0) is 40.7 Å². The Balaban J connectivity index is 2.15. The van der Waals surface area contributed by atoms with E-state index >= 15 is 0 Å². The highest BCUT2D eigenvalue weighted by Crippen LogP contribution is 2.26. The average molecular weight is 314 g/mol. The third-order valence-electron chi connectivity index (χ3n) is 2.70. The van der Waals surface area contributed by atoms with Gasteiger partial charge in [-0.2, -0.15) is 5.10 Å². The maximum Gasteiger partial charge on any atom is 0.0701 e. The summed E-state index contributed by atoms with van der Waals surface area (Å²) in [7, 11) is 1.99. The molecule has 2 aromatic rings. The van der Waals surface area contributed by atoms with Crippen LogP contribution in [0.25, 0.3) is 0 Å². The van der Waals surface area contributed by atoms with Crippen molar-refractivity contribution in [1.29, 1.82) is 0 Å². The molecule has 2 aromatic heterocycles. The topological polar surface area (TPSA) is 29.9 Å². The summed E-state index contributed by atoms with van der Waals surface area (Å²) in [5, 5.41) is 7.75. The second kappa shape index (κ2) is 5.80. The van der Waals surface area contributed by atoms with Crippen LogP contribution in [0.1, 0.15) is 23.5 Å². The molecule has 1 atom stereocenters. The van der Waals surface area contributed by atoms with Crippen LogP contribution in [0.4, 0.5) is 0 Å². The van der Waals surface area contributed by atoms with Crippen LogP contribution >= 0.6 is 27.3 Å². The fraction of sp³-hybridized carbons (Fsp3) is 0.417. The minimum absolute atomic E-state index is 0.332. The quantitative estimate of drug-likeness (QED) is 0.919. The van der Waals surface area contributed by atoms with Crippen molar-refractivity contribution in [2.75, 3.05) is 6.54 Å². The van der Waals surface area contributed by atoms with Crippen LogP contribution in [0.2, 0.25) is 0 Å². The van der Waals surface area contributed by atoms with E-state index in [0.717, 1.165) is 13.0 Å². The van der Waals surface area contributed by atoms with Gasteiger partial charge in [0, 0.05) is 24.5 Å². The van der Waals surface area contributed by atoms with Gasteiger partial charge in [-0.15, -0.1) is 11.3 Å². The smallest absolute Gasteiger partial charge is 0.0701 e. The summed E-state index contributed by atoms with van der Waals surface area (Å²) in [6.45, 7) is 3.09. The Morgan fingerprint density at radius 3 is 2.82 bits per heavy atom. The van der Waals surface area contributed by atoms with Gasteiger partial charge in [0.2, 0.25) is 0 Å². The number of rotatable bonds is 5. The Morgan fingerprint density at radius 2 is 2.29 bits per heavy atom. The van der Waals surface area contributed by atoms with Crippen LogP contribution < -0.4 is 5.32 Å². The van der Waals surface area contributed by atoms with Crippen LogP contribution in [-0.4, -0.2) is 16.3 Å². The Bertz CT molecular complexity index is 478. The SMILES string of the molecule is CCNC(Cc1ccc(Br)s1)c1ccnn1C. The fourth-order valence-electron chi connectivity index (χ4n) is 1.92. The van der Waals surface area contributed by atoms with Gasteiger partial charge in [0.1, 0.15) is 0 Å². The lowest BCUT2D eigenvalue weighted by Gasteiger charge is -2.17. The molecule has 3 nitrogen and oxygen atoms in total. The molecular formula is C12H16BrN3S. The number of hydrogen-bond acceptors (Lipinski definition) is 3. The van der Waals surface area contributed by atoms with Gasteiger partial charge in [-0.1, -0.05) is 6.92 Å². The van der Waals surface area contributed by atoms with Gasteiger partial charge in [-0.25, -0.2) is 0 Å². The van der Waals surface area contributed by atoms with E-state index in [1.54, 1.807) is 11.3 Å². The summed E-state index contributed by atoms with van der Waals surface area (Å²) in [6.07, 6.45) is 2.85. The first-order chi connectivity index (χ1) is 8.20. The lowest BCUT2D eigenvalue weighted by Crippen LogP contribution is -2.24. The van der Waals surface area contributed by atoms with Crippen molar-refractivity contribution in [1.82, 2.24) is 15.1 Å². The molecule has 0 radical (unpaired) electrons. The molecule has 2 heterocycles. The molecule has 2 rings (SSSR count). The molecule has 0 fully saturated rings. The standard InChI is InChI=1S/C12H16BrN3S/c1-3-14-10(11-6-7-15-16(11)2)8-9-4-5-12(13)17-9/h4-7,10,14H,3,8H2,1-2H3. The molecule has 0 aliphatic carbocycles. The molecule has 0 aromatic carbocycles. The van der Waals surface area contributed by atoms with E-state index in [-0.39, 0.29) is 0 Å². The van der Waals surface area contributed by atoms with Crippen LogP contribution in [0.15, 0.2) is 28.2 Å². The van der Waals surface area contributed by atoms with Gasteiger partial charge >= 0.3 is 0 Å². The first-order valence-electron chi connectivity index (χ1n) is 5.66. The summed E-state index contributed by atoms with van der Waals surface area (Å²) in [6, 6.07) is 6.69. The minimum Gasteiger partial charge on any atom is -0.309 e. The van der Waals surface area contributed by atoms with Gasteiger partial charge in [-0.3, -0.25) is 4.68 Å². The summed E-state index contributed by atoms with van der Waals surface area (Å²) < 4.78 is 3.13. The molecule has 1 N–H and O–H groups in total. The van der Waals surface area contributed by atoms with Gasteiger partial charge in [0.05, 0.1) is 15.5 Å². The summed E-state index contributed by atoms with van der Waals surface area (Å²) >= 11 is 5.30. The predicted molar refractivity (Wildman–Crippen MR) is 75.3 cm³/mol. The molecular weight excluding hydrogens is 298 g/mol. The van der Waals surface area contributed by atoms with E-state index in [9.17, 15) is 0 Å². The van der Waals surface area contributed by atoms with Crippen molar-refractivity contribution in [2.45, 2.75) is 19.4 Å². The number of aryl methyl sites for hydroxylation is 1. The third-order valence-corrected chi connectivity index (χ3v) is 4.35. The average Bonchev–Trinajstić information content (AvgIpc) is 2.87. The van der Waals surface area contributed by atoms with E-state index in [2.05, 4.69) is 51.5 Å². The van der Waals surface area contributed by atoms with Crippen molar-refractivity contribution < 1.29 is 0 Å². The van der Waals surface area contributed by atoms with Crippen LogP contribution in [0.5, 0.6) is 0 Å². The Labute approximate surface area is 114 Å². The molecule has 17 heavy (non-hydrogen) atoms. The number of aromatic nitrogens is 2. The van der Waals surface area contributed by atoms with Crippen LogP contribution in [0, 0.1) is 0 Å². The molecule has 5 heteroatoms. The Hall–Kier alpha value is -0.650. The lowest BCUT2D eigenvalue weighted by molar-refractivity contribution is 0.510. The van der Waals surface area contributed by atoms with Crippen molar-refractivity contribution in [2.24, 2.45) is 7.05 Å². The maximum atomic E-state index is 4.24. The zero-order valence-corrected chi connectivity index (χ0v) is 12.4. The van der Waals surface area contributed by atoms with Crippen molar-refractivity contribution in [3.63, 3.8) is 0 Å². The molecule has 0 bridgehead atoms. The largest absolute Gasteiger partial charge is 0.309 e. The van der Waals surface area contributed by atoms with E-state index in [1.807, 2.05) is 17.9 Å². The first kappa shape index (κ1) is 12.8. The first-order valence-corrected chi connectivity index (χ1v) is 7.27. The predicted octanol–water partition coefficient (Wildman–Crippen LogP) is 3.14. The van der Waals surface area contributed by atoms with Gasteiger partial charge in [0.15, 0.2) is 0 Å². The van der Waals surface area contributed by atoms with Crippen molar-refractivity contribution >= 4 is 27.3 Å². The van der Waals surface area contributed by atoms with E-state index in [1.165, 1.54) is 14.4 Å². The summed E-state index contributed by atoms with van der Waals surface area (Å²) in [5.74, 6) is 0. The molecule has 0 spiro atoms. The lowest BCUT2D eigenvalue weighted by atomic mass is 10.1. The monoisotopic (exact) mass is 313 g/mol. The fourth-order valence-corrected chi connectivity index (χ4v) is 3.44.